The summed E-state index contributed by atoms with van der Waals surface area (Å²) in [6, 6.07) is 7.91. The lowest BCUT2D eigenvalue weighted by molar-refractivity contribution is 0.0564. The van der Waals surface area contributed by atoms with E-state index in [2.05, 4.69) is 21.5 Å². The third-order valence-corrected chi connectivity index (χ3v) is 4.29. The number of aryl methyl sites for hydroxylation is 1. The second-order valence-corrected chi connectivity index (χ2v) is 6.06. The van der Waals surface area contributed by atoms with E-state index in [4.69, 9.17) is 4.74 Å². The molecule has 7 nitrogen and oxygen atoms in total. The minimum Gasteiger partial charge on any atom is -0.378 e. The fourth-order valence-corrected chi connectivity index (χ4v) is 2.91. The van der Waals surface area contributed by atoms with E-state index in [9.17, 15) is 4.79 Å². The van der Waals surface area contributed by atoms with E-state index in [0.717, 1.165) is 21.9 Å². The predicted octanol–water partition coefficient (Wildman–Crippen LogP) is 2.50. The average molecular weight is 337 g/mol. The van der Waals surface area contributed by atoms with Crippen LogP contribution in [-0.4, -0.2) is 52.0 Å². The number of fused-ring (bicyclic) bond motifs is 1. The van der Waals surface area contributed by atoms with Crippen LogP contribution in [-0.2, 0) is 11.8 Å². The number of aromatic nitrogens is 3. The molecule has 0 saturated carbocycles. The highest BCUT2D eigenvalue weighted by atomic mass is 16.5. The number of ether oxygens (including phenoxy) is 1. The number of benzene rings is 1. The molecule has 4 rings (SSSR count). The predicted molar refractivity (Wildman–Crippen MR) is 95.4 cm³/mol. The zero-order valence-corrected chi connectivity index (χ0v) is 14.0. The van der Waals surface area contributed by atoms with E-state index < -0.39 is 0 Å². The molecule has 1 aliphatic rings. The Balaban J connectivity index is 1.59. The SMILES string of the molecule is Cn1cc(-c2ccc3cnc(NC(=O)N4CCOCC4)cc3c2)cn1. The summed E-state index contributed by atoms with van der Waals surface area (Å²) < 4.78 is 7.05. The highest BCUT2D eigenvalue weighted by molar-refractivity contribution is 5.93. The zero-order valence-electron chi connectivity index (χ0n) is 14.0. The summed E-state index contributed by atoms with van der Waals surface area (Å²) in [5.41, 5.74) is 2.14. The van der Waals surface area contributed by atoms with Crippen LogP contribution in [0.2, 0.25) is 0 Å². The van der Waals surface area contributed by atoms with Gasteiger partial charge < -0.3 is 9.64 Å². The minimum absolute atomic E-state index is 0.140. The summed E-state index contributed by atoms with van der Waals surface area (Å²) >= 11 is 0. The molecule has 0 spiro atoms. The molecule has 0 bridgehead atoms. The van der Waals surface area contributed by atoms with E-state index in [1.54, 1.807) is 15.8 Å². The van der Waals surface area contributed by atoms with Crippen LogP contribution in [0.5, 0.6) is 0 Å². The number of rotatable bonds is 2. The molecule has 1 aromatic carbocycles. The number of anilines is 1. The van der Waals surface area contributed by atoms with Crippen molar-refractivity contribution < 1.29 is 9.53 Å². The molecule has 25 heavy (non-hydrogen) atoms. The summed E-state index contributed by atoms with van der Waals surface area (Å²) in [4.78, 5) is 18.4. The van der Waals surface area contributed by atoms with Gasteiger partial charge in [0, 0.05) is 43.5 Å². The molecule has 7 heteroatoms. The first-order chi connectivity index (χ1) is 12.2. The standard InChI is InChI=1S/C18H19N5O2/c1-22-12-16(11-20-22)13-2-3-14-10-19-17(9-15(14)8-13)21-18(24)23-4-6-25-7-5-23/h2-3,8-12H,4-7H2,1H3,(H,19,21,24). The van der Waals surface area contributed by atoms with Crippen molar-refractivity contribution in [2.24, 2.45) is 7.05 Å². The van der Waals surface area contributed by atoms with Crippen LogP contribution in [0, 0.1) is 0 Å². The van der Waals surface area contributed by atoms with Gasteiger partial charge in [-0.05, 0) is 23.1 Å². The largest absolute Gasteiger partial charge is 0.378 e. The number of pyridine rings is 1. The van der Waals surface area contributed by atoms with Crippen LogP contribution in [0.15, 0.2) is 42.9 Å². The maximum absolute atomic E-state index is 12.3. The number of nitrogens with zero attached hydrogens (tertiary/aromatic N) is 4. The first-order valence-electron chi connectivity index (χ1n) is 8.21. The number of carbonyl (C=O) groups is 1. The summed E-state index contributed by atoms with van der Waals surface area (Å²) in [5, 5.41) is 9.13. The van der Waals surface area contributed by atoms with Crippen molar-refractivity contribution in [3.05, 3.63) is 42.9 Å². The van der Waals surface area contributed by atoms with Crippen molar-refractivity contribution in [1.29, 1.82) is 0 Å². The zero-order chi connectivity index (χ0) is 17.2. The quantitative estimate of drug-likeness (QED) is 0.780. The van der Waals surface area contributed by atoms with Crippen molar-refractivity contribution in [3.8, 4) is 11.1 Å². The van der Waals surface area contributed by atoms with E-state index in [0.29, 0.717) is 32.1 Å². The fourth-order valence-electron chi connectivity index (χ4n) is 2.91. The third-order valence-electron chi connectivity index (χ3n) is 4.29. The summed E-state index contributed by atoms with van der Waals surface area (Å²) in [6.07, 6.45) is 5.59. The highest BCUT2D eigenvalue weighted by Gasteiger charge is 2.17. The van der Waals surface area contributed by atoms with Gasteiger partial charge in [-0.2, -0.15) is 5.10 Å². The number of morpholine rings is 1. The second-order valence-electron chi connectivity index (χ2n) is 6.06. The average Bonchev–Trinajstić information content (AvgIpc) is 3.08. The van der Waals surface area contributed by atoms with Gasteiger partial charge in [-0.15, -0.1) is 0 Å². The van der Waals surface area contributed by atoms with Crippen LogP contribution in [0.3, 0.4) is 0 Å². The molecule has 0 radical (unpaired) electrons. The molecular formula is C18H19N5O2. The summed E-state index contributed by atoms with van der Waals surface area (Å²) in [7, 11) is 1.90. The highest BCUT2D eigenvalue weighted by Crippen LogP contribution is 2.25. The molecular weight excluding hydrogens is 318 g/mol. The monoisotopic (exact) mass is 337 g/mol. The molecule has 2 amide bonds. The topological polar surface area (TPSA) is 72.3 Å². The number of amides is 2. The molecule has 3 aromatic rings. The van der Waals surface area contributed by atoms with Crippen molar-refractivity contribution in [1.82, 2.24) is 19.7 Å². The van der Waals surface area contributed by atoms with E-state index in [1.165, 1.54) is 0 Å². The van der Waals surface area contributed by atoms with Gasteiger partial charge in [0.25, 0.3) is 0 Å². The summed E-state index contributed by atoms with van der Waals surface area (Å²) in [5.74, 6) is 0.548. The van der Waals surface area contributed by atoms with Crippen molar-refractivity contribution in [3.63, 3.8) is 0 Å². The second kappa shape index (κ2) is 6.52. The van der Waals surface area contributed by atoms with E-state index in [1.807, 2.05) is 37.6 Å². The molecule has 3 heterocycles. The molecule has 128 valence electrons. The van der Waals surface area contributed by atoms with Crippen molar-refractivity contribution in [2.45, 2.75) is 0 Å². The Morgan fingerprint density at radius 3 is 2.72 bits per heavy atom. The van der Waals surface area contributed by atoms with Crippen molar-refractivity contribution >= 4 is 22.6 Å². The minimum atomic E-state index is -0.140. The van der Waals surface area contributed by atoms with Gasteiger partial charge in [-0.25, -0.2) is 9.78 Å². The van der Waals surface area contributed by atoms with Gasteiger partial charge in [0.15, 0.2) is 0 Å². The first kappa shape index (κ1) is 15.6. The first-order valence-corrected chi connectivity index (χ1v) is 8.21. The molecule has 1 fully saturated rings. The van der Waals surface area contributed by atoms with Crippen LogP contribution in [0.4, 0.5) is 10.6 Å². The Kier molecular flexibility index (Phi) is 4.07. The molecule has 0 unspecified atom stereocenters. The van der Waals surface area contributed by atoms with E-state index in [-0.39, 0.29) is 6.03 Å². The number of carbonyl (C=O) groups excluding carboxylic acids is 1. The number of hydrogen-bond acceptors (Lipinski definition) is 4. The summed E-state index contributed by atoms with van der Waals surface area (Å²) in [6.45, 7) is 2.36. The van der Waals surface area contributed by atoms with Gasteiger partial charge in [0.1, 0.15) is 5.82 Å². The molecule has 1 saturated heterocycles. The maximum Gasteiger partial charge on any atom is 0.323 e. The molecule has 1 aliphatic heterocycles. The Bertz CT molecular complexity index is 915. The van der Waals surface area contributed by atoms with Gasteiger partial charge in [-0.3, -0.25) is 10.00 Å². The van der Waals surface area contributed by atoms with Crippen LogP contribution >= 0.6 is 0 Å². The van der Waals surface area contributed by atoms with Gasteiger partial charge in [0.05, 0.1) is 19.4 Å². The molecule has 0 aliphatic carbocycles. The Labute approximate surface area is 145 Å². The van der Waals surface area contributed by atoms with Crippen molar-refractivity contribution in [2.75, 3.05) is 31.6 Å². The van der Waals surface area contributed by atoms with Gasteiger partial charge >= 0.3 is 6.03 Å². The molecule has 2 aromatic heterocycles. The number of hydrogen-bond donors (Lipinski definition) is 1. The Hall–Kier alpha value is -2.93. The maximum atomic E-state index is 12.3. The normalized spacial score (nSPS) is 14.7. The van der Waals surface area contributed by atoms with E-state index >= 15 is 0 Å². The Morgan fingerprint density at radius 1 is 1.12 bits per heavy atom. The fraction of sp³-hybridized carbons (Fsp3) is 0.278. The molecule has 1 N–H and O–H groups in total. The van der Waals surface area contributed by atoms with Crippen LogP contribution in [0.1, 0.15) is 0 Å². The molecule has 0 atom stereocenters. The third kappa shape index (κ3) is 3.32. The smallest absolute Gasteiger partial charge is 0.323 e. The lowest BCUT2D eigenvalue weighted by atomic mass is 10.1. The Morgan fingerprint density at radius 2 is 1.96 bits per heavy atom. The lowest BCUT2D eigenvalue weighted by Crippen LogP contribution is -2.43. The van der Waals surface area contributed by atoms with Crippen LogP contribution in [0.25, 0.3) is 21.9 Å². The van der Waals surface area contributed by atoms with Crippen LogP contribution < -0.4 is 5.32 Å². The number of urea groups is 1. The van der Waals surface area contributed by atoms with Gasteiger partial charge in [-0.1, -0.05) is 12.1 Å². The number of nitrogens with one attached hydrogen (secondary N) is 1. The lowest BCUT2D eigenvalue weighted by Gasteiger charge is -2.26. The van der Waals surface area contributed by atoms with Gasteiger partial charge in [0.2, 0.25) is 0 Å².